The maximum absolute atomic E-state index is 10.4. The fourth-order valence-electron chi connectivity index (χ4n) is 1.95. The zero-order valence-corrected chi connectivity index (χ0v) is 7.94. The molecule has 2 heteroatoms. The van der Waals surface area contributed by atoms with E-state index in [1.54, 1.807) is 0 Å². The zero-order valence-electron chi connectivity index (χ0n) is 7.94. The van der Waals surface area contributed by atoms with Crippen LogP contribution in [-0.2, 0) is 4.79 Å². The fraction of sp³-hybridized carbons (Fsp3) is 0.417. The van der Waals surface area contributed by atoms with E-state index in [9.17, 15) is 4.79 Å². The summed E-state index contributed by atoms with van der Waals surface area (Å²) < 4.78 is 0. The summed E-state index contributed by atoms with van der Waals surface area (Å²) in [6.07, 6.45) is 9.75. The topological polar surface area (TPSA) is 43.1 Å². The average Bonchev–Trinajstić information content (AvgIpc) is 2.91. The predicted molar refractivity (Wildman–Crippen MR) is 55.0 cm³/mol. The van der Waals surface area contributed by atoms with Crippen molar-refractivity contribution in [1.82, 2.24) is 0 Å². The molecule has 0 saturated heterocycles. The van der Waals surface area contributed by atoms with Crippen LogP contribution in [0.3, 0.4) is 0 Å². The predicted octanol–water partition coefficient (Wildman–Crippen LogP) is 1.24. The van der Waals surface area contributed by atoms with Gasteiger partial charge in [-0.1, -0.05) is 24.0 Å². The van der Waals surface area contributed by atoms with Gasteiger partial charge in [0.2, 0.25) is 5.91 Å². The standard InChI is InChI=1S/C12H13NO/c13-12(14)7-2-1-4-9-5-3-6-10-8-11(9)10/h2-3,5,7,9-11H,6,8H2,(H2,13,14)/b7-2-. The highest BCUT2D eigenvalue weighted by atomic mass is 16.1. The van der Waals surface area contributed by atoms with Crippen LogP contribution in [0.15, 0.2) is 24.3 Å². The summed E-state index contributed by atoms with van der Waals surface area (Å²) in [5, 5.41) is 0. The Morgan fingerprint density at radius 2 is 2.43 bits per heavy atom. The largest absolute Gasteiger partial charge is 0.366 e. The Labute approximate surface area is 83.9 Å². The van der Waals surface area contributed by atoms with Crippen LogP contribution in [-0.4, -0.2) is 5.91 Å². The third-order valence-electron chi connectivity index (χ3n) is 2.80. The summed E-state index contributed by atoms with van der Waals surface area (Å²) in [5.74, 6) is 7.60. The molecule has 0 aromatic heterocycles. The van der Waals surface area contributed by atoms with Gasteiger partial charge in [-0.2, -0.15) is 0 Å². The van der Waals surface area contributed by atoms with Crippen LogP contribution in [0.5, 0.6) is 0 Å². The van der Waals surface area contributed by atoms with E-state index in [1.807, 2.05) is 0 Å². The number of primary amides is 1. The van der Waals surface area contributed by atoms with Gasteiger partial charge in [-0.3, -0.25) is 4.79 Å². The first-order valence-corrected chi connectivity index (χ1v) is 4.91. The average molecular weight is 187 g/mol. The maximum Gasteiger partial charge on any atom is 0.242 e. The number of rotatable bonds is 1. The molecule has 2 aliphatic carbocycles. The van der Waals surface area contributed by atoms with Gasteiger partial charge in [0.25, 0.3) is 0 Å². The summed E-state index contributed by atoms with van der Waals surface area (Å²) in [5.41, 5.74) is 4.94. The number of nitrogens with two attached hydrogens (primary N) is 1. The number of allylic oxidation sites excluding steroid dienone is 3. The van der Waals surface area contributed by atoms with Crippen molar-refractivity contribution < 1.29 is 4.79 Å². The van der Waals surface area contributed by atoms with Crippen LogP contribution >= 0.6 is 0 Å². The Kier molecular flexibility index (Phi) is 2.41. The van der Waals surface area contributed by atoms with Gasteiger partial charge < -0.3 is 5.73 Å². The molecule has 2 nitrogen and oxygen atoms in total. The van der Waals surface area contributed by atoms with Crippen molar-refractivity contribution in [2.24, 2.45) is 23.5 Å². The second-order valence-corrected chi connectivity index (χ2v) is 3.87. The minimum Gasteiger partial charge on any atom is -0.366 e. The lowest BCUT2D eigenvalue weighted by atomic mass is 9.96. The van der Waals surface area contributed by atoms with E-state index in [-0.39, 0.29) is 0 Å². The van der Waals surface area contributed by atoms with Crippen molar-refractivity contribution in [1.29, 1.82) is 0 Å². The van der Waals surface area contributed by atoms with Crippen molar-refractivity contribution in [3.8, 4) is 11.8 Å². The van der Waals surface area contributed by atoms with Crippen LogP contribution in [0.4, 0.5) is 0 Å². The van der Waals surface area contributed by atoms with E-state index < -0.39 is 5.91 Å². The monoisotopic (exact) mass is 187 g/mol. The Bertz CT molecular complexity index is 356. The summed E-state index contributed by atoms with van der Waals surface area (Å²) in [6.45, 7) is 0. The van der Waals surface area contributed by atoms with Gasteiger partial charge in [-0.05, 0) is 30.8 Å². The number of carbonyl (C=O) groups is 1. The van der Waals surface area contributed by atoms with Crippen molar-refractivity contribution >= 4 is 5.91 Å². The van der Waals surface area contributed by atoms with Gasteiger partial charge in [0, 0.05) is 12.0 Å². The minimum atomic E-state index is -0.442. The second-order valence-electron chi connectivity index (χ2n) is 3.87. The molecule has 3 atom stereocenters. The normalized spacial score (nSPS) is 33.3. The first kappa shape index (κ1) is 9.08. The molecule has 0 heterocycles. The van der Waals surface area contributed by atoms with Gasteiger partial charge in [0.1, 0.15) is 0 Å². The van der Waals surface area contributed by atoms with E-state index in [4.69, 9.17) is 5.73 Å². The Morgan fingerprint density at radius 3 is 3.21 bits per heavy atom. The summed E-state index contributed by atoms with van der Waals surface area (Å²) in [6, 6.07) is 0. The van der Waals surface area contributed by atoms with Crippen molar-refractivity contribution in [3.05, 3.63) is 24.3 Å². The van der Waals surface area contributed by atoms with Crippen molar-refractivity contribution in [2.45, 2.75) is 12.8 Å². The van der Waals surface area contributed by atoms with E-state index in [1.165, 1.54) is 25.0 Å². The highest BCUT2D eigenvalue weighted by Gasteiger charge is 2.42. The first-order chi connectivity index (χ1) is 6.77. The minimum absolute atomic E-state index is 0.395. The second kappa shape index (κ2) is 3.71. The van der Waals surface area contributed by atoms with E-state index in [2.05, 4.69) is 24.0 Å². The van der Waals surface area contributed by atoms with E-state index in [0.717, 1.165) is 11.8 Å². The van der Waals surface area contributed by atoms with Crippen LogP contribution in [0.25, 0.3) is 0 Å². The lowest BCUT2D eigenvalue weighted by Gasteiger charge is -2.07. The molecular weight excluding hydrogens is 174 g/mol. The molecule has 2 N–H and O–H groups in total. The Balaban J connectivity index is 1.93. The molecule has 0 bridgehead atoms. The molecule has 1 amide bonds. The molecule has 1 fully saturated rings. The number of hydrogen-bond donors (Lipinski definition) is 1. The van der Waals surface area contributed by atoms with E-state index >= 15 is 0 Å². The summed E-state index contributed by atoms with van der Waals surface area (Å²) in [4.78, 5) is 10.4. The lowest BCUT2D eigenvalue weighted by molar-refractivity contribution is -0.113. The molecule has 0 spiro atoms. The van der Waals surface area contributed by atoms with E-state index in [0.29, 0.717) is 5.92 Å². The molecule has 2 aliphatic rings. The van der Waals surface area contributed by atoms with Gasteiger partial charge >= 0.3 is 0 Å². The molecule has 3 unspecified atom stereocenters. The van der Waals surface area contributed by atoms with Crippen molar-refractivity contribution in [3.63, 3.8) is 0 Å². The number of amides is 1. The quantitative estimate of drug-likeness (QED) is 0.374. The Hall–Kier alpha value is -1.49. The Morgan fingerprint density at radius 1 is 1.57 bits per heavy atom. The molecule has 72 valence electrons. The molecule has 0 aliphatic heterocycles. The highest BCUT2D eigenvalue weighted by molar-refractivity contribution is 5.86. The number of carbonyl (C=O) groups excluding carboxylic acids is 1. The summed E-state index contributed by atoms with van der Waals surface area (Å²) >= 11 is 0. The lowest BCUT2D eigenvalue weighted by Crippen LogP contribution is -2.05. The maximum atomic E-state index is 10.4. The zero-order chi connectivity index (χ0) is 9.97. The highest BCUT2D eigenvalue weighted by Crippen LogP contribution is 2.49. The summed E-state index contributed by atoms with van der Waals surface area (Å²) in [7, 11) is 0. The third-order valence-corrected chi connectivity index (χ3v) is 2.80. The first-order valence-electron chi connectivity index (χ1n) is 4.91. The van der Waals surface area contributed by atoms with Crippen molar-refractivity contribution in [2.75, 3.05) is 0 Å². The number of hydrogen-bond acceptors (Lipinski definition) is 1. The van der Waals surface area contributed by atoms with Crippen LogP contribution in [0.2, 0.25) is 0 Å². The molecule has 14 heavy (non-hydrogen) atoms. The number of fused-ring (bicyclic) bond motifs is 1. The molecule has 0 aromatic rings. The molecule has 0 aromatic carbocycles. The van der Waals surface area contributed by atoms with Gasteiger partial charge in [-0.25, -0.2) is 0 Å². The fourth-order valence-corrected chi connectivity index (χ4v) is 1.95. The van der Waals surface area contributed by atoms with Crippen LogP contribution < -0.4 is 5.73 Å². The van der Waals surface area contributed by atoms with Crippen LogP contribution in [0.1, 0.15) is 12.8 Å². The molecule has 2 rings (SSSR count). The molecule has 0 radical (unpaired) electrons. The third kappa shape index (κ3) is 2.05. The van der Waals surface area contributed by atoms with Gasteiger partial charge in [0.05, 0.1) is 0 Å². The van der Waals surface area contributed by atoms with Crippen LogP contribution in [0, 0.1) is 29.6 Å². The SMILES string of the molecule is NC(=O)/C=C\C#CC1C=CCC2CC12. The molecule has 1 saturated carbocycles. The van der Waals surface area contributed by atoms with Gasteiger partial charge in [-0.15, -0.1) is 0 Å². The van der Waals surface area contributed by atoms with Gasteiger partial charge in [0.15, 0.2) is 0 Å². The smallest absolute Gasteiger partial charge is 0.242 e. The molecular formula is C12H13NO.